The number of hydrogen-bond donors (Lipinski definition) is 2. The van der Waals surface area contributed by atoms with E-state index in [1.54, 1.807) is 11.0 Å². The predicted octanol–water partition coefficient (Wildman–Crippen LogP) is 0.226. The summed E-state index contributed by atoms with van der Waals surface area (Å²) in [5, 5.41) is 11.8. The zero-order valence-corrected chi connectivity index (χ0v) is 9.48. The molecule has 0 aliphatic carbocycles. The molecule has 5 heteroatoms. The summed E-state index contributed by atoms with van der Waals surface area (Å²) in [6.07, 6.45) is 2.32. The molecule has 0 aromatic heterocycles. The molecule has 2 atom stereocenters. The molecule has 1 rings (SSSR count). The topological polar surface area (TPSA) is 69.6 Å². The first-order valence-electron chi connectivity index (χ1n) is 5.42. The van der Waals surface area contributed by atoms with Crippen molar-refractivity contribution in [3.8, 4) is 0 Å². The number of carbonyl (C=O) groups is 2. The van der Waals surface area contributed by atoms with Gasteiger partial charge in [-0.05, 0) is 13.3 Å². The molecule has 1 heterocycles. The van der Waals surface area contributed by atoms with Crippen LogP contribution in [-0.2, 0) is 9.59 Å². The van der Waals surface area contributed by atoms with Crippen molar-refractivity contribution in [1.82, 2.24) is 10.2 Å². The summed E-state index contributed by atoms with van der Waals surface area (Å²) in [4.78, 5) is 24.3. The summed E-state index contributed by atoms with van der Waals surface area (Å²) in [5.41, 5.74) is 0. The smallest absolute Gasteiger partial charge is 0.305 e. The number of amides is 1. The third-order valence-corrected chi connectivity index (χ3v) is 2.66. The van der Waals surface area contributed by atoms with E-state index in [9.17, 15) is 9.59 Å². The van der Waals surface area contributed by atoms with Crippen LogP contribution in [0.15, 0.2) is 12.7 Å². The molecule has 1 amide bonds. The van der Waals surface area contributed by atoms with Crippen molar-refractivity contribution < 1.29 is 14.7 Å². The molecular formula is C11H18N2O3. The van der Waals surface area contributed by atoms with Crippen LogP contribution in [0.5, 0.6) is 0 Å². The summed E-state index contributed by atoms with van der Waals surface area (Å²) in [5.74, 6) is -1.11. The molecule has 5 nitrogen and oxygen atoms in total. The Morgan fingerprint density at radius 2 is 2.44 bits per heavy atom. The van der Waals surface area contributed by atoms with Crippen LogP contribution in [0, 0.1) is 0 Å². The van der Waals surface area contributed by atoms with Gasteiger partial charge in [-0.25, -0.2) is 0 Å². The van der Waals surface area contributed by atoms with E-state index in [2.05, 4.69) is 11.9 Å². The number of carbonyl (C=O) groups excluding carboxylic acids is 1. The van der Waals surface area contributed by atoms with Gasteiger partial charge in [0, 0.05) is 19.1 Å². The van der Waals surface area contributed by atoms with Gasteiger partial charge >= 0.3 is 5.97 Å². The first kappa shape index (κ1) is 12.7. The molecule has 0 aromatic carbocycles. The molecule has 2 N–H and O–H groups in total. The largest absolute Gasteiger partial charge is 0.481 e. The van der Waals surface area contributed by atoms with Gasteiger partial charge in [-0.3, -0.25) is 9.59 Å². The number of hydrogen-bond acceptors (Lipinski definition) is 3. The maximum absolute atomic E-state index is 12.0. The Kier molecular flexibility index (Phi) is 4.49. The fourth-order valence-corrected chi connectivity index (χ4v) is 1.84. The van der Waals surface area contributed by atoms with E-state index in [0.29, 0.717) is 13.1 Å². The Hall–Kier alpha value is -1.36. The van der Waals surface area contributed by atoms with Crippen LogP contribution in [0.1, 0.15) is 19.8 Å². The molecular weight excluding hydrogens is 208 g/mol. The van der Waals surface area contributed by atoms with Crippen molar-refractivity contribution in [1.29, 1.82) is 0 Å². The highest BCUT2D eigenvalue weighted by molar-refractivity contribution is 5.86. The second-order valence-electron chi connectivity index (χ2n) is 4.08. The molecule has 0 aromatic rings. The molecule has 90 valence electrons. The maximum Gasteiger partial charge on any atom is 0.305 e. The molecule has 0 saturated carbocycles. The zero-order chi connectivity index (χ0) is 12.1. The minimum atomic E-state index is -0.960. The molecule has 2 unspecified atom stereocenters. The van der Waals surface area contributed by atoms with Crippen LogP contribution in [0.2, 0.25) is 0 Å². The van der Waals surface area contributed by atoms with Crippen LogP contribution in [0.4, 0.5) is 0 Å². The number of nitrogens with one attached hydrogen (secondary N) is 1. The molecule has 1 saturated heterocycles. The number of rotatable bonds is 4. The van der Waals surface area contributed by atoms with E-state index in [0.717, 1.165) is 6.42 Å². The lowest BCUT2D eigenvalue weighted by Gasteiger charge is -2.22. The molecule has 1 fully saturated rings. The quantitative estimate of drug-likeness (QED) is 0.673. The lowest BCUT2D eigenvalue weighted by molar-refractivity contribution is -0.142. The standard InChI is InChI=1S/C11H18N2O3/c1-3-5-13-6-4-8(2)12-9(11(13)16)7-10(14)15/h3,8-9,12H,1,4-7H2,2H3,(H,14,15). The number of carboxylic acid groups (broad SMARTS) is 1. The fraction of sp³-hybridized carbons (Fsp3) is 0.636. The third kappa shape index (κ3) is 3.34. The van der Waals surface area contributed by atoms with Crippen molar-refractivity contribution in [3.05, 3.63) is 12.7 Å². The Bertz CT molecular complexity index is 291. The van der Waals surface area contributed by atoms with E-state index in [-0.39, 0.29) is 18.4 Å². The highest BCUT2D eigenvalue weighted by atomic mass is 16.4. The predicted molar refractivity (Wildman–Crippen MR) is 60.0 cm³/mol. The number of aliphatic carboxylic acids is 1. The Morgan fingerprint density at radius 3 is 3.00 bits per heavy atom. The van der Waals surface area contributed by atoms with Crippen molar-refractivity contribution in [2.75, 3.05) is 13.1 Å². The van der Waals surface area contributed by atoms with Gasteiger partial charge in [0.15, 0.2) is 0 Å². The summed E-state index contributed by atoms with van der Waals surface area (Å²) in [6.45, 7) is 6.68. The van der Waals surface area contributed by atoms with Crippen molar-refractivity contribution in [3.63, 3.8) is 0 Å². The average Bonchev–Trinajstić information content (AvgIpc) is 2.31. The molecule has 16 heavy (non-hydrogen) atoms. The number of nitrogens with zero attached hydrogens (tertiary/aromatic N) is 1. The summed E-state index contributed by atoms with van der Waals surface area (Å²) in [6, 6.07) is -0.460. The van der Waals surface area contributed by atoms with Crippen molar-refractivity contribution in [2.45, 2.75) is 31.8 Å². The van der Waals surface area contributed by atoms with Gasteiger partial charge in [-0.2, -0.15) is 0 Å². The van der Waals surface area contributed by atoms with Crippen molar-refractivity contribution in [2.24, 2.45) is 0 Å². The van der Waals surface area contributed by atoms with Crippen LogP contribution in [0.3, 0.4) is 0 Å². The van der Waals surface area contributed by atoms with E-state index in [1.807, 2.05) is 6.92 Å². The Balaban J connectivity index is 2.74. The van der Waals surface area contributed by atoms with Gasteiger partial charge in [0.05, 0.1) is 12.5 Å². The van der Waals surface area contributed by atoms with Crippen LogP contribution < -0.4 is 5.32 Å². The minimum Gasteiger partial charge on any atom is -0.481 e. The second kappa shape index (κ2) is 5.65. The molecule has 1 aliphatic heterocycles. The van der Waals surface area contributed by atoms with Crippen LogP contribution in [0.25, 0.3) is 0 Å². The van der Waals surface area contributed by atoms with Gasteiger partial charge in [0.2, 0.25) is 5.91 Å². The van der Waals surface area contributed by atoms with Gasteiger partial charge in [-0.15, -0.1) is 6.58 Å². The van der Waals surface area contributed by atoms with Gasteiger partial charge < -0.3 is 15.3 Å². The van der Waals surface area contributed by atoms with Crippen LogP contribution in [-0.4, -0.2) is 47.1 Å². The van der Waals surface area contributed by atoms with E-state index >= 15 is 0 Å². The van der Waals surface area contributed by atoms with Crippen LogP contribution >= 0.6 is 0 Å². The summed E-state index contributed by atoms with van der Waals surface area (Å²) >= 11 is 0. The van der Waals surface area contributed by atoms with Gasteiger partial charge in [0.25, 0.3) is 0 Å². The first-order chi connectivity index (χ1) is 7.54. The molecule has 0 bridgehead atoms. The van der Waals surface area contributed by atoms with E-state index in [1.165, 1.54) is 0 Å². The average molecular weight is 226 g/mol. The SMILES string of the molecule is C=CCN1CCC(C)NC(CC(=O)O)C1=O. The molecule has 1 aliphatic rings. The zero-order valence-electron chi connectivity index (χ0n) is 9.48. The van der Waals surface area contributed by atoms with E-state index < -0.39 is 12.0 Å². The number of carboxylic acids is 1. The minimum absolute atomic E-state index is 0.147. The highest BCUT2D eigenvalue weighted by Crippen LogP contribution is 2.09. The Labute approximate surface area is 95.1 Å². The normalized spacial score (nSPS) is 26.3. The lowest BCUT2D eigenvalue weighted by Crippen LogP contribution is -2.46. The highest BCUT2D eigenvalue weighted by Gasteiger charge is 2.30. The van der Waals surface area contributed by atoms with Gasteiger partial charge in [0.1, 0.15) is 0 Å². The van der Waals surface area contributed by atoms with Gasteiger partial charge in [-0.1, -0.05) is 6.08 Å². The van der Waals surface area contributed by atoms with E-state index in [4.69, 9.17) is 5.11 Å². The lowest BCUT2D eigenvalue weighted by atomic mass is 10.1. The monoisotopic (exact) mass is 226 g/mol. The Morgan fingerprint density at radius 1 is 1.75 bits per heavy atom. The first-order valence-corrected chi connectivity index (χ1v) is 5.42. The third-order valence-electron chi connectivity index (χ3n) is 2.66. The molecule has 0 radical (unpaired) electrons. The fourth-order valence-electron chi connectivity index (χ4n) is 1.84. The van der Waals surface area contributed by atoms with Crippen molar-refractivity contribution >= 4 is 11.9 Å². The summed E-state index contributed by atoms with van der Waals surface area (Å²) in [7, 11) is 0. The second-order valence-corrected chi connectivity index (χ2v) is 4.08. The maximum atomic E-state index is 12.0. The summed E-state index contributed by atoms with van der Waals surface area (Å²) < 4.78 is 0. The molecule has 0 spiro atoms.